The first-order chi connectivity index (χ1) is 11.4. The summed E-state index contributed by atoms with van der Waals surface area (Å²) < 4.78 is 28.3. The molecule has 0 radical (unpaired) electrons. The Kier molecular flexibility index (Phi) is 5.56. The maximum atomic E-state index is 12.0. The molecule has 1 N–H and O–H groups in total. The van der Waals surface area contributed by atoms with Gasteiger partial charge in [0.1, 0.15) is 5.75 Å². The van der Waals surface area contributed by atoms with Crippen molar-refractivity contribution in [3.63, 3.8) is 0 Å². The summed E-state index contributed by atoms with van der Waals surface area (Å²) in [6, 6.07) is 11.2. The summed E-state index contributed by atoms with van der Waals surface area (Å²) in [6.45, 7) is -2.89. The van der Waals surface area contributed by atoms with Gasteiger partial charge in [0, 0.05) is 23.9 Å². The standard InChI is InChI=1S/C16H12F2N2O4/c17-16(18)24-14-8-1-11(2-9-14)3-10-15(21)19-12-4-6-13(7-5-12)20(22)23/h1-10,16H,(H,19,21)/b10-3+. The fourth-order valence-corrected chi connectivity index (χ4v) is 1.78. The Morgan fingerprint density at radius 2 is 1.75 bits per heavy atom. The van der Waals surface area contributed by atoms with Gasteiger partial charge in [-0.05, 0) is 35.9 Å². The number of halogens is 2. The van der Waals surface area contributed by atoms with Crippen LogP contribution in [0.1, 0.15) is 5.56 Å². The van der Waals surface area contributed by atoms with Gasteiger partial charge >= 0.3 is 6.61 Å². The molecule has 0 fully saturated rings. The van der Waals surface area contributed by atoms with Gasteiger partial charge in [0.15, 0.2) is 0 Å². The number of rotatable bonds is 6. The number of amides is 1. The van der Waals surface area contributed by atoms with Crippen molar-refractivity contribution in [2.75, 3.05) is 5.32 Å². The third-order valence-electron chi connectivity index (χ3n) is 2.88. The van der Waals surface area contributed by atoms with Crippen LogP contribution in [0.4, 0.5) is 20.2 Å². The fourth-order valence-electron chi connectivity index (χ4n) is 1.78. The molecule has 0 heterocycles. The number of nitro benzene ring substituents is 1. The largest absolute Gasteiger partial charge is 0.435 e. The Hall–Kier alpha value is -3.29. The summed E-state index contributed by atoms with van der Waals surface area (Å²) in [5.74, 6) is -0.408. The number of benzene rings is 2. The first kappa shape index (κ1) is 17.1. The van der Waals surface area contributed by atoms with Crippen molar-refractivity contribution >= 4 is 23.4 Å². The maximum absolute atomic E-state index is 12.0. The predicted octanol–water partition coefficient (Wildman–Crippen LogP) is 3.85. The summed E-state index contributed by atoms with van der Waals surface area (Å²) in [6.07, 6.45) is 2.75. The first-order valence-electron chi connectivity index (χ1n) is 6.72. The number of non-ortho nitro benzene ring substituents is 1. The molecule has 0 bridgehead atoms. The molecule has 0 aliphatic carbocycles. The van der Waals surface area contributed by atoms with Gasteiger partial charge in [0.2, 0.25) is 5.91 Å². The summed E-state index contributed by atoms with van der Waals surface area (Å²) in [4.78, 5) is 21.8. The lowest BCUT2D eigenvalue weighted by molar-refractivity contribution is -0.384. The van der Waals surface area contributed by atoms with E-state index in [0.717, 1.165) is 0 Å². The number of anilines is 1. The molecule has 2 aromatic rings. The van der Waals surface area contributed by atoms with Crippen LogP contribution in [0.2, 0.25) is 0 Å². The number of carbonyl (C=O) groups excluding carboxylic acids is 1. The van der Waals surface area contributed by atoms with Crippen molar-refractivity contribution in [2.24, 2.45) is 0 Å². The zero-order valence-corrected chi connectivity index (χ0v) is 12.2. The van der Waals surface area contributed by atoms with Crippen molar-refractivity contribution in [1.82, 2.24) is 0 Å². The molecule has 6 nitrogen and oxygen atoms in total. The molecule has 0 unspecified atom stereocenters. The van der Waals surface area contributed by atoms with E-state index in [1.807, 2.05) is 0 Å². The van der Waals surface area contributed by atoms with E-state index in [4.69, 9.17) is 0 Å². The second-order valence-corrected chi connectivity index (χ2v) is 4.57. The quantitative estimate of drug-likeness (QED) is 0.494. The van der Waals surface area contributed by atoms with E-state index in [-0.39, 0.29) is 11.4 Å². The minimum Gasteiger partial charge on any atom is -0.435 e. The number of ether oxygens (including phenoxy) is 1. The smallest absolute Gasteiger partial charge is 0.387 e. The molecule has 0 aliphatic rings. The molecule has 0 aliphatic heterocycles. The Morgan fingerprint density at radius 1 is 1.12 bits per heavy atom. The van der Waals surface area contributed by atoms with Crippen LogP contribution in [0.5, 0.6) is 5.75 Å². The lowest BCUT2D eigenvalue weighted by Crippen LogP contribution is -2.07. The third-order valence-corrected chi connectivity index (χ3v) is 2.88. The number of alkyl halides is 2. The van der Waals surface area contributed by atoms with Gasteiger partial charge in [-0.15, -0.1) is 0 Å². The molecule has 24 heavy (non-hydrogen) atoms. The van der Waals surface area contributed by atoms with Crippen LogP contribution >= 0.6 is 0 Å². The van der Waals surface area contributed by atoms with Gasteiger partial charge in [-0.2, -0.15) is 8.78 Å². The number of carbonyl (C=O) groups is 1. The van der Waals surface area contributed by atoms with Crippen LogP contribution in [0.25, 0.3) is 6.08 Å². The molecular formula is C16H12F2N2O4. The molecule has 0 atom stereocenters. The fraction of sp³-hybridized carbons (Fsp3) is 0.0625. The molecule has 0 saturated carbocycles. The normalized spacial score (nSPS) is 10.8. The summed E-state index contributed by atoms with van der Waals surface area (Å²) in [5.41, 5.74) is 0.959. The number of hydrogen-bond donors (Lipinski definition) is 1. The second-order valence-electron chi connectivity index (χ2n) is 4.57. The van der Waals surface area contributed by atoms with Gasteiger partial charge in [-0.25, -0.2) is 0 Å². The molecule has 8 heteroatoms. The minimum absolute atomic E-state index is 0.0254. The van der Waals surface area contributed by atoms with Crippen LogP contribution in [-0.4, -0.2) is 17.4 Å². The average molecular weight is 334 g/mol. The molecule has 1 amide bonds. The van der Waals surface area contributed by atoms with E-state index >= 15 is 0 Å². The van der Waals surface area contributed by atoms with Crippen LogP contribution < -0.4 is 10.1 Å². The molecule has 0 aromatic heterocycles. The summed E-state index contributed by atoms with van der Waals surface area (Å²) >= 11 is 0. The Morgan fingerprint density at radius 3 is 2.29 bits per heavy atom. The van der Waals surface area contributed by atoms with Gasteiger partial charge in [0.05, 0.1) is 4.92 Å². The topological polar surface area (TPSA) is 81.5 Å². The van der Waals surface area contributed by atoms with E-state index in [1.54, 1.807) is 0 Å². The average Bonchev–Trinajstić information content (AvgIpc) is 2.54. The van der Waals surface area contributed by atoms with Crippen molar-refractivity contribution in [3.8, 4) is 5.75 Å². The minimum atomic E-state index is -2.89. The number of nitro groups is 1. The van der Waals surface area contributed by atoms with Crippen LogP contribution in [-0.2, 0) is 4.79 Å². The highest BCUT2D eigenvalue weighted by atomic mass is 19.3. The van der Waals surface area contributed by atoms with Crippen LogP contribution in [0, 0.1) is 10.1 Å². The van der Waals surface area contributed by atoms with Gasteiger partial charge in [0.25, 0.3) is 5.69 Å². The Bertz CT molecular complexity index is 744. The molecule has 2 aromatic carbocycles. The Balaban J connectivity index is 1.93. The molecule has 0 saturated heterocycles. The molecule has 2 rings (SSSR count). The molecule has 124 valence electrons. The monoisotopic (exact) mass is 334 g/mol. The van der Waals surface area contributed by atoms with Crippen LogP contribution in [0.3, 0.4) is 0 Å². The lowest BCUT2D eigenvalue weighted by Gasteiger charge is -2.04. The van der Waals surface area contributed by atoms with E-state index < -0.39 is 17.4 Å². The third kappa shape index (κ3) is 5.16. The van der Waals surface area contributed by atoms with Gasteiger partial charge < -0.3 is 10.1 Å². The van der Waals surface area contributed by atoms with Crippen LogP contribution in [0.15, 0.2) is 54.6 Å². The van der Waals surface area contributed by atoms with Crippen molar-refractivity contribution in [3.05, 3.63) is 70.3 Å². The maximum Gasteiger partial charge on any atom is 0.387 e. The number of nitrogens with zero attached hydrogens (tertiary/aromatic N) is 1. The molecule has 0 spiro atoms. The summed E-state index contributed by atoms with van der Waals surface area (Å²) in [5, 5.41) is 13.1. The van der Waals surface area contributed by atoms with E-state index in [0.29, 0.717) is 11.3 Å². The number of hydrogen-bond acceptors (Lipinski definition) is 4. The highest BCUT2D eigenvalue weighted by Crippen LogP contribution is 2.17. The van der Waals surface area contributed by atoms with E-state index in [2.05, 4.69) is 10.1 Å². The van der Waals surface area contributed by atoms with E-state index in [9.17, 15) is 23.7 Å². The van der Waals surface area contributed by atoms with E-state index in [1.165, 1.54) is 60.7 Å². The number of nitrogens with one attached hydrogen (secondary N) is 1. The highest BCUT2D eigenvalue weighted by molar-refractivity contribution is 6.01. The highest BCUT2D eigenvalue weighted by Gasteiger charge is 2.05. The van der Waals surface area contributed by atoms with Crippen molar-refractivity contribution < 1.29 is 23.2 Å². The SMILES string of the molecule is O=C(/C=C/c1ccc(OC(F)F)cc1)Nc1ccc([N+](=O)[O-])cc1. The lowest BCUT2D eigenvalue weighted by atomic mass is 10.2. The predicted molar refractivity (Wildman–Crippen MR) is 83.8 cm³/mol. The summed E-state index contributed by atoms with van der Waals surface area (Å²) in [7, 11) is 0. The zero-order valence-electron chi connectivity index (χ0n) is 12.2. The van der Waals surface area contributed by atoms with Crippen molar-refractivity contribution in [2.45, 2.75) is 6.61 Å². The first-order valence-corrected chi connectivity index (χ1v) is 6.72. The van der Waals surface area contributed by atoms with Crippen molar-refractivity contribution in [1.29, 1.82) is 0 Å². The van der Waals surface area contributed by atoms with Gasteiger partial charge in [-0.1, -0.05) is 12.1 Å². The van der Waals surface area contributed by atoms with Gasteiger partial charge in [-0.3, -0.25) is 14.9 Å². The second kappa shape index (κ2) is 7.82. The Labute approximate surface area is 135 Å². The zero-order chi connectivity index (χ0) is 17.5. The molecular weight excluding hydrogens is 322 g/mol.